The molecule has 0 aromatic rings. The van der Waals surface area contributed by atoms with E-state index in [4.69, 9.17) is 5.11 Å². The van der Waals surface area contributed by atoms with Crippen molar-refractivity contribution in [2.24, 2.45) is 0 Å². The number of hydrogen-bond donors (Lipinski definition) is 2. The molecule has 2 N–H and O–H groups in total. The standard InChI is InChI=1S/C12H23NO3/c1-3-4-5-6-7-10(2)13-11(14)8-9-12(15)16/h10H,3-9H2,1-2H3,(H,13,14)(H,15,16)/t10-/m1/s1. The first-order valence-corrected chi connectivity index (χ1v) is 6.07. The second kappa shape index (κ2) is 9.19. The summed E-state index contributed by atoms with van der Waals surface area (Å²) in [7, 11) is 0. The highest BCUT2D eigenvalue weighted by Gasteiger charge is 2.08. The summed E-state index contributed by atoms with van der Waals surface area (Å²) in [6, 6.07) is 0.151. The molecular weight excluding hydrogens is 206 g/mol. The zero-order valence-corrected chi connectivity index (χ0v) is 10.3. The number of hydrogen-bond acceptors (Lipinski definition) is 2. The third kappa shape index (κ3) is 9.49. The fourth-order valence-electron chi connectivity index (χ4n) is 1.52. The van der Waals surface area contributed by atoms with Gasteiger partial charge in [-0.15, -0.1) is 0 Å². The summed E-state index contributed by atoms with van der Waals surface area (Å²) in [6.07, 6.45) is 5.72. The average molecular weight is 229 g/mol. The molecule has 0 rings (SSSR count). The minimum atomic E-state index is -0.925. The Morgan fingerprint density at radius 3 is 2.44 bits per heavy atom. The molecule has 16 heavy (non-hydrogen) atoms. The number of rotatable bonds is 9. The van der Waals surface area contributed by atoms with E-state index >= 15 is 0 Å². The molecule has 0 aromatic carbocycles. The zero-order valence-electron chi connectivity index (χ0n) is 10.3. The van der Waals surface area contributed by atoms with Gasteiger partial charge in [0.2, 0.25) is 5.91 Å². The van der Waals surface area contributed by atoms with Crippen LogP contribution < -0.4 is 5.32 Å². The van der Waals surface area contributed by atoms with Gasteiger partial charge in [0.1, 0.15) is 0 Å². The fourth-order valence-corrected chi connectivity index (χ4v) is 1.52. The van der Waals surface area contributed by atoms with Gasteiger partial charge in [-0.1, -0.05) is 32.6 Å². The van der Waals surface area contributed by atoms with Crippen molar-refractivity contribution in [2.45, 2.75) is 64.8 Å². The summed E-state index contributed by atoms with van der Waals surface area (Å²) in [5, 5.41) is 11.2. The second-order valence-electron chi connectivity index (χ2n) is 4.21. The van der Waals surface area contributed by atoms with Crippen LogP contribution in [0.4, 0.5) is 0 Å². The van der Waals surface area contributed by atoms with E-state index in [0.717, 1.165) is 12.8 Å². The highest BCUT2D eigenvalue weighted by molar-refractivity contribution is 5.80. The highest BCUT2D eigenvalue weighted by atomic mass is 16.4. The molecule has 0 heterocycles. The maximum Gasteiger partial charge on any atom is 0.303 e. The van der Waals surface area contributed by atoms with Crippen LogP contribution >= 0.6 is 0 Å². The van der Waals surface area contributed by atoms with Crippen molar-refractivity contribution in [1.82, 2.24) is 5.32 Å². The van der Waals surface area contributed by atoms with Gasteiger partial charge in [0.25, 0.3) is 0 Å². The summed E-state index contributed by atoms with van der Waals surface area (Å²) in [5.74, 6) is -1.09. The summed E-state index contributed by atoms with van der Waals surface area (Å²) in [4.78, 5) is 21.5. The molecule has 0 aliphatic carbocycles. The van der Waals surface area contributed by atoms with Gasteiger partial charge in [0, 0.05) is 12.5 Å². The van der Waals surface area contributed by atoms with Crippen molar-refractivity contribution in [3.8, 4) is 0 Å². The highest BCUT2D eigenvalue weighted by Crippen LogP contribution is 2.05. The number of carbonyl (C=O) groups excluding carboxylic acids is 1. The Morgan fingerprint density at radius 2 is 1.88 bits per heavy atom. The van der Waals surface area contributed by atoms with Crippen molar-refractivity contribution in [2.75, 3.05) is 0 Å². The Morgan fingerprint density at radius 1 is 1.19 bits per heavy atom. The second-order valence-corrected chi connectivity index (χ2v) is 4.21. The van der Waals surface area contributed by atoms with Crippen LogP contribution in [0, 0.1) is 0 Å². The quantitative estimate of drug-likeness (QED) is 0.596. The Bertz CT molecular complexity index is 216. The van der Waals surface area contributed by atoms with E-state index < -0.39 is 5.97 Å². The molecule has 1 amide bonds. The lowest BCUT2D eigenvalue weighted by molar-refractivity contribution is -0.138. The van der Waals surface area contributed by atoms with E-state index in [1.54, 1.807) is 0 Å². The molecule has 0 bridgehead atoms. The van der Waals surface area contributed by atoms with Gasteiger partial charge in [0.15, 0.2) is 0 Å². The monoisotopic (exact) mass is 229 g/mol. The van der Waals surface area contributed by atoms with Crippen LogP contribution in [0.3, 0.4) is 0 Å². The number of aliphatic carboxylic acids is 1. The molecule has 0 aromatic heterocycles. The SMILES string of the molecule is CCCCCC[C@@H](C)NC(=O)CCC(=O)O. The first-order valence-electron chi connectivity index (χ1n) is 6.07. The Balaban J connectivity index is 3.50. The molecule has 0 aliphatic rings. The number of carbonyl (C=O) groups is 2. The van der Waals surface area contributed by atoms with Crippen LogP contribution in [-0.4, -0.2) is 23.0 Å². The summed E-state index contributed by atoms with van der Waals surface area (Å²) >= 11 is 0. The molecule has 0 saturated heterocycles. The fraction of sp³-hybridized carbons (Fsp3) is 0.833. The molecule has 0 unspecified atom stereocenters. The van der Waals surface area contributed by atoms with E-state index in [0.29, 0.717) is 0 Å². The van der Waals surface area contributed by atoms with Crippen molar-refractivity contribution in [3.63, 3.8) is 0 Å². The molecule has 4 nitrogen and oxygen atoms in total. The minimum absolute atomic E-state index is 0.0780. The molecule has 0 fully saturated rings. The predicted octanol–water partition coefficient (Wildman–Crippen LogP) is 2.33. The van der Waals surface area contributed by atoms with Crippen LogP contribution in [0.5, 0.6) is 0 Å². The van der Waals surface area contributed by atoms with Crippen LogP contribution in [0.25, 0.3) is 0 Å². The van der Waals surface area contributed by atoms with Crippen LogP contribution in [0.2, 0.25) is 0 Å². The molecule has 0 radical (unpaired) electrons. The van der Waals surface area contributed by atoms with Gasteiger partial charge in [-0.05, 0) is 13.3 Å². The van der Waals surface area contributed by atoms with Crippen molar-refractivity contribution < 1.29 is 14.7 Å². The van der Waals surface area contributed by atoms with Crippen LogP contribution in [0.1, 0.15) is 58.8 Å². The summed E-state index contributed by atoms with van der Waals surface area (Å²) in [6.45, 7) is 4.13. The van der Waals surface area contributed by atoms with E-state index in [1.807, 2.05) is 6.92 Å². The minimum Gasteiger partial charge on any atom is -0.481 e. The summed E-state index contributed by atoms with van der Waals surface area (Å²) in [5.41, 5.74) is 0. The largest absolute Gasteiger partial charge is 0.481 e. The number of carboxylic acids is 1. The smallest absolute Gasteiger partial charge is 0.303 e. The summed E-state index contributed by atoms with van der Waals surface area (Å²) < 4.78 is 0. The zero-order chi connectivity index (χ0) is 12.4. The lowest BCUT2D eigenvalue weighted by Crippen LogP contribution is -2.32. The number of carboxylic acid groups (broad SMARTS) is 1. The van der Waals surface area contributed by atoms with Gasteiger partial charge in [-0.25, -0.2) is 0 Å². The molecular formula is C12H23NO3. The molecule has 0 spiro atoms. The van der Waals surface area contributed by atoms with Gasteiger partial charge in [-0.3, -0.25) is 9.59 Å². The van der Waals surface area contributed by atoms with Crippen LogP contribution in [0.15, 0.2) is 0 Å². The van der Waals surface area contributed by atoms with Gasteiger partial charge >= 0.3 is 5.97 Å². The topological polar surface area (TPSA) is 66.4 Å². The number of amides is 1. The lowest BCUT2D eigenvalue weighted by Gasteiger charge is -2.13. The van der Waals surface area contributed by atoms with Gasteiger partial charge in [0.05, 0.1) is 6.42 Å². The van der Waals surface area contributed by atoms with Crippen LogP contribution in [-0.2, 0) is 9.59 Å². The van der Waals surface area contributed by atoms with Crippen molar-refractivity contribution in [1.29, 1.82) is 0 Å². The van der Waals surface area contributed by atoms with E-state index in [9.17, 15) is 9.59 Å². The van der Waals surface area contributed by atoms with E-state index in [-0.39, 0.29) is 24.8 Å². The van der Waals surface area contributed by atoms with Gasteiger partial charge < -0.3 is 10.4 Å². The Hall–Kier alpha value is -1.06. The lowest BCUT2D eigenvalue weighted by atomic mass is 10.1. The predicted molar refractivity (Wildman–Crippen MR) is 63.2 cm³/mol. The third-order valence-electron chi connectivity index (χ3n) is 2.46. The maximum atomic E-state index is 11.3. The molecule has 4 heteroatoms. The Labute approximate surface area is 97.4 Å². The first kappa shape index (κ1) is 14.9. The van der Waals surface area contributed by atoms with Gasteiger partial charge in [-0.2, -0.15) is 0 Å². The maximum absolute atomic E-state index is 11.3. The number of unbranched alkanes of at least 4 members (excludes halogenated alkanes) is 3. The third-order valence-corrected chi connectivity index (χ3v) is 2.46. The average Bonchev–Trinajstić information content (AvgIpc) is 2.21. The van der Waals surface area contributed by atoms with E-state index in [1.165, 1.54) is 19.3 Å². The number of nitrogens with one attached hydrogen (secondary N) is 1. The van der Waals surface area contributed by atoms with E-state index in [2.05, 4.69) is 12.2 Å². The first-order chi connectivity index (χ1) is 7.56. The normalized spacial score (nSPS) is 12.1. The molecule has 1 atom stereocenters. The Kier molecular flexibility index (Phi) is 8.58. The van der Waals surface area contributed by atoms with Crippen molar-refractivity contribution >= 4 is 11.9 Å². The molecule has 0 saturated carbocycles. The van der Waals surface area contributed by atoms with Crippen molar-refractivity contribution in [3.05, 3.63) is 0 Å². The molecule has 0 aliphatic heterocycles. The molecule has 94 valence electrons.